The van der Waals surface area contributed by atoms with Crippen molar-refractivity contribution in [2.45, 2.75) is 19.9 Å². The molecule has 2 aromatic rings. The summed E-state index contributed by atoms with van der Waals surface area (Å²) < 4.78 is 0. The van der Waals surface area contributed by atoms with Gasteiger partial charge in [-0.05, 0) is 35.7 Å². The molecule has 0 atom stereocenters. The standard InChI is InChI=1S/C17H19N3O2/c1-13-4-2-3-5-15(13)10-16(21)20-12-17(22)19-11-14-6-8-18-9-7-14/h2-9H,10-12H2,1H3,(H,19,22)(H,20,21). The van der Waals surface area contributed by atoms with Crippen molar-refractivity contribution in [1.82, 2.24) is 15.6 Å². The van der Waals surface area contributed by atoms with Gasteiger partial charge < -0.3 is 10.6 Å². The Morgan fingerprint density at radius 2 is 1.73 bits per heavy atom. The molecule has 0 spiro atoms. The molecule has 0 saturated heterocycles. The lowest BCUT2D eigenvalue weighted by Crippen LogP contribution is -2.37. The minimum absolute atomic E-state index is 0.0181. The second-order valence-corrected chi connectivity index (χ2v) is 5.01. The van der Waals surface area contributed by atoms with E-state index in [2.05, 4.69) is 15.6 Å². The molecular weight excluding hydrogens is 278 g/mol. The molecule has 0 fully saturated rings. The highest BCUT2D eigenvalue weighted by Crippen LogP contribution is 2.07. The largest absolute Gasteiger partial charge is 0.350 e. The summed E-state index contributed by atoms with van der Waals surface area (Å²) in [6, 6.07) is 11.4. The Labute approximate surface area is 129 Å². The van der Waals surface area contributed by atoms with Crippen molar-refractivity contribution in [3.63, 3.8) is 0 Å². The number of aryl methyl sites for hydroxylation is 1. The number of rotatable bonds is 6. The Kier molecular flexibility index (Phi) is 5.65. The molecule has 2 amide bonds. The molecule has 1 aromatic heterocycles. The average molecular weight is 297 g/mol. The maximum atomic E-state index is 11.8. The van der Waals surface area contributed by atoms with Crippen LogP contribution in [0.1, 0.15) is 16.7 Å². The van der Waals surface area contributed by atoms with Crippen LogP contribution < -0.4 is 10.6 Å². The maximum Gasteiger partial charge on any atom is 0.239 e. The van der Waals surface area contributed by atoms with E-state index >= 15 is 0 Å². The zero-order valence-electron chi connectivity index (χ0n) is 12.5. The number of hydrogen-bond donors (Lipinski definition) is 2. The second-order valence-electron chi connectivity index (χ2n) is 5.01. The Bertz CT molecular complexity index is 641. The van der Waals surface area contributed by atoms with Gasteiger partial charge in [-0.3, -0.25) is 14.6 Å². The highest BCUT2D eigenvalue weighted by Gasteiger charge is 2.07. The zero-order chi connectivity index (χ0) is 15.8. The van der Waals surface area contributed by atoms with Gasteiger partial charge in [-0.1, -0.05) is 24.3 Å². The monoisotopic (exact) mass is 297 g/mol. The number of nitrogens with zero attached hydrogens (tertiary/aromatic N) is 1. The number of benzene rings is 1. The van der Waals surface area contributed by atoms with Crippen LogP contribution in [0.5, 0.6) is 0 Å². The predicted molar refractivity (Wildman–Crippen MR) is 84.0 cm³/mol. The molecule has 2 N–H and O–H groups in total. The minimum Gasteiger partial charge on any atom is -0.350 e. The Morgan fingerprint density at radius 3 is 2.45 bits per heavy atom. The smallest absolute Gasteiger partial charge is 0.239 e. The molecule has 2 rings (SSSR count). The van der Waals surface area contributed by atoms with Crippen LogP contribution >= 0.6 is 0 Å². The number of amides is 2. The molecule has 0 radical (unpaired) electrons. The minimum atomic E-state index is -0.213. The van der Waals surface area contributed by atoms with Gasteiger partial charge in [0.25, 0.3) is 0 Å². The van der Waals surface area contributed by atoms with Gasteiger partial charge in [-0.25, -0.2) is 0 Å². The fraction of sp³-hybridized carbons (Fsp3) is 0.235. The fourth-order valence-electron chi connectivity index (χ4n) is 1.99. The average Bonchev–Trinajstić information content (AvgIpc) is 2.54. The van der Waals surface area contributed by atoms with Crippen LogP contribution in [-0.4, -0.2) is 23.3 Å². The first kappa shape index (κ1) is 15.7. The molecule has 22 heavy (non-hydrogen) atoms. The molecule has 0 unspecified atom stereocenters. The first-order valence-corrected chi connectivity index (χ1v) is 7.12. The lowest BCUT2D eigenvalue weighted by molar-refractivity contribution is -0.125. The van der Waals surface area contributed by atoms with Crippen LogP contribution in [-0.2, 0) is 22.6 Å². The molecule has 0 aliphatic carbocycles. The first-order chi connectivity index (χ1) is 10.6. The van der Waals surface area contributed by atoms with E-state index in [1.807, 2.05) is 43.3 Å². The highest BCUT2D eigenvalue weighted by atomic mass is 16.2. The van der Waals surface area contributed by atoms with Gasteiger partial charge in [0.05, 0.1) is 13.0 Å². The van der Waals surface area contributed by atoms with Crippen LogP contribution in [0.15, 0.2) is 48.8 Å². The van der Waals surface area contributed by atoms with Crippen LogP contribution in [0.2, 0.25) is 0 Å². The van der Waals surface area contributed by atoms with Crippen molar-refractivity contribution in [1.29, 1.82) is 0 Å². The van der Waals surface area contributed by atoms with Gasteiger partial charge in [-0.2, -0.15) is 0 Å². The summed E-state index contributed by atoms with van der Waals surface area (Å²) in [4.78, 5) is 27.5. The Morgan fingerprint density at radius 1 is 1.00 bits per heavy atom. The van der Waals surface area contributed by atoms with E-state index in [-0.39, 0.29) is 24.8 Å². The van der Waals surface area contributed by atoms with Crippen LogP contribution in [0.4, 0.5) is 0 Å². The molecule has 0 aliphatic heterocycles. The van der Waals surface area contributed by atoms with Crippen molar-refractivity contribution in [2.75, 3.05) is 6.54 Å². The normalized spacial score (nSPS) is 10.0. The summed E-state index contributed by atoms with van der Waals surface area (Å²) in [6.07, 6.45) is 3.63. The van der Waals surface area contributed by atoms with E-state index in [4.69, 9.17) is 0 Å². The number of aromatic nitrogens is 1. The van der Waals surface area contributed by atoms with E-state index in [0.29, 0.717) is 6.54 Å². The Hall–Kier alpha value is -2.69. The van der Waals surface area contributed by atoms with Crippen LogP contribution in [0, 0.1) is 6.92 Å². The van der Waals surface area contributed by atoms with E-state index in [1.165, 1.54) is 0 Å². The molecule has 5 nitrogen and oxygen atoms in total. The van der Waals surface area contributed by atoms with Gasteiger partial charge in [0.15, 0.2) is 0 Å². The topological polar surface area (TPSA) is 71.1 Å². The molecule has 5 heteroatoms. The third-order valence-corrected chi connectivity index (χ3v) is 3.30. The molecule has 0 bridgehead atoms. The molecule has 1 heterocycles. The predicted octanol–water partition coefficient (Wildman–Crippen LogP) is 1.37. The molecule has 1 aromatic carbocycles. The van der Waals surface area contributed by atoms with Gasteiger partial charge in [0.1, 0.15) is 0 Å². The summed E-state index contributed by atoms with van der Waals surface area (Å²) in [5.41, 5.74) is 3.01. The summed E-state index contributed by atoms with van der Waals surface area (Å²) >= 11 is 0. The van der Waals surface area contributed by atoms with Crippen molar-refractivity contribution >= 4 is 11.8 Å². The molecule has 114 valence electrons. The summed E-state index contributed by atoms with van der Waals surface area (Å²) in [6.45, 7) is 2.37. The molecule has 0 saturated carbocycles. The number of carbonyl (C=O) groups excluding carboxylic acids is 2. The SMILES string of the molecule is Cc1ccccc1CC(=O)NCC(=O)NCc1ccncc1. The number of carbonyl (C=O) groups is 2. The quantitative estimate of drug-likeness (QED) is 0.846. The van der Waals surface area contributed by atoms with Crippen molar-refractivity contribution in [3.8, 4) is 0 Å². The number of nitrogens with one attached hydrogen (secondary N) is 2. The van der Waals surface area contributed by atoms with Crippen molar-refractivity contribution in [2.24, 2.45) is 0 Å². The lowest BCUT2D eigenvalue weighted by atomic mass is 10.1. The third kappa shape index (κ3) is 5.01. The summed E-state index contributed by atoms with van der Waals surface area (Å²) in [5, 5.41) is 5.38. The lowest BCUT2D eigenvalue weighted by Gasteiger charge is -2.08. The van der Waals surface area contributed by atoms with Gasteiger partial charge in [0, 0.05) is 18.9 Å². The molecule has 0 aliphatic rings. The zero-order valence-corrected chi connectivity index (χ0v) is 12.5. The maximum absolute atomic E-state index is 11.8. The molecular formula is C17H19N3O2. The van der Waals surface area contributed by atoms with E-state index in [9.17, 15) is 9.59 Å². The van der Waals surface area contributed by atoms with E-state index in [0.717, 1.165) is 16.7 Å². The number of hydrogen-bond acceptors (Lipinski definition) is 3. The van der Waals surface area contributed by atoms with Gasteiger partial charge in [0.2, 0.25) is 11.8 Å². The van der Waals surface area contributed by atoms with Crippen LogP contribution in [0.3, 0.4) is 0 Å². The van der Waals surface area contributed by atoms with Gasteiger partial charge >= 0.3 is 0 Å². The third-order valence-electron chi connectivity index (χ3n) is 3.30. The van der Waals surface area contributed by atoms with Crippen molar-refractivity contribution in [3.05, 3.63) is 65.5 Å². The summed E-state index contributed by atoms with van der Waals surface area (Å²) in [7, 11) is 0. The highest BCUT2D eigenvalue weighted by molar-refractivity contribution is 5.85. The number of pyridine rings is 1. The van der Waals surface area contributed by atoms with Crippen LogP contribution in [0.25, 0.3) is 0 Å². The van der Waals surface area contributed by atoms with Gasteiger partial charge in [-0.15, -0.1) is 0 Å². The first-order valence-electron chi connectivity index (χ1n) is 7.12. The summed E-state index contributed by atoms with van der Waals surface area (Å²) in [5.74, 6) is -0.372. The van der Waals surface area contributed by atoms with E-state index < -0.39 is 0 Å². The van der Waals surface area contributed by atoms with Crippen molar-refractivity contribution < 1.29 is 9.59 Å². The second kappa shape index (κ2) is 7.93. The Balaban J connectivity index is 1.72. The fourth-order valence-corrected chi connectivity index (χ4v) is 1.99. The van der Waals surface area contributed by atoms with E-state index in [1.54, 1.807) is 12.4 Å².